The lowest BCUT2D eigenvalue weighted by Crippen LogP contribution is -2.55. The molecule has 0 saturated carbocycles. The number of aliphatic hydroxyl groups is 4. The van der Waals surface area contributed by atoms with Gasteiger partial charge in [-0.2, -0.15) is 0 Å². The molecule has 1 aliphatic heterocycles. The van der Waals surface area contributed by atoms with Gasteiger partial charge in [-0.25, -0.2) is 0 Å². The van der Waals surface area contributed by atoms with E-state index in [0.29, 0.717) is 25.9 Å². The van der Waals surface area contributed by atoms with Crippen molar-refractivity contribution >= 4 is 11.8 Å². The van der Waals surface area contributed by atoms with Crippen molar-refractivity contribution in [3.05, 3.63) is 12.2 Å². The molecular formula is C21H38N2O7. The summed E-state index contributed by atoms with van der Waals surface area (Å²) in [4.78, 5) is 27.0. The number of ether oxygens (including phenoxy) is 1. The summed E-state index contributed by atoms with van der Waals surface area (Å²) < 4.78 is 5.08. The van der Waals surface area contributed by atoms with E-state index in [0.717, 1.165) is 12.8 Å². The van der Waals surface area contributed by atoms with Gasteiger partial charge in [0.2, 0.25) is 5.91 Å². The van der Waals surface area contributed by atoms with Gasteiger partial charge in [0, 0.05) is 26.8 Å². The summed E-state index contributed by atoms with van der Waals surface area (Å²) in [6.07, 6.45) is -0.683. The van der Waals surface area contributed by atoms with Crippen LogP contribution < -0.4 is 5.32 Å². The highest BCUT2D eigenvalue weighted by molar-refractivity contribution is 5.89. The predicted molar refractivity (Wildman–Crippen MR) is 111 cm³/mol. The summed E-state index contributed by atoms with van der Waals surface area (Å²) in [5.74, 6) is -0.981. The molecule has 2 amide bonds. The van der Waals surface area contributed by atoms with Crippen LogP contribution in [0.5, 0.6) is 0 Å². The van der Waals surface area contributed by atoms with E-state index in [-0.39, 0.29) is 17.9 Å². The Morgan fingerprint density at radius 2 is 1.93 bits per heavy atom. The Morgan fingerprint density at radius 3 is 2.50 bits per heavy atom. The Balaban J connectivity index is 2.80. The van der Waals surface area contributed by atoms with Gasteiger partial charge in [0.15, 0.2) is 6.10 Å². The van der Waals surface area contributed by atoms with Crippen LogP contribution in [-0.2, 0) is 14.3 Å². The molecule has 0 bridgehead atoms. The number of aliphatic hydroxyl groups excluding tert-OH is 4. The van der Waals surface area contributed by atoms with Gasteiger partial charge in [-0.15, -0.1) is 0 Å². The topological polar surface area (TPSA) is 140 Å². The molecule has 1 rings (SSSR count). The molecular weight excluding hydrogens is 392 g/mol. The molecule has 174 valence electrons. The zero-order valence-electron chi connectivity index (χ0n) is 18.5. The van der Waals surface area contributed by atoms with Crippen molar-refractivity contribution in [1.82, 2.24) is 10.2 Å². The van der Waals surface area contributed by atoms with Crippen molar-refractivity contribution in [3.8, 4) is 0 Å². The van der Waals surface area contributed by atoms with Crippen molar-refractivity contribution in [3.63, 3.8) is 0 Å². The number of carbonyl (C=O) groups excluding carboxylic acids is 2. The number of allylic oxidation sites excluding steroid dienone is 1. The predicted octanol–water partition coefficient (Wildman–Crippen LogP) is -0.434. The Bertz CT molecular complexity index is 576. The van der Waals surface area contributed by atoms with Gasteiger partial charge in [0.1, 0.15) is 24.4 Å². The third-order valence-corrected chi connectivity index (χ3v) is 5.00. The molecule has 5 N–H and O–H groups in total. The maximum absolute atomic E-state index is 12.7. The van der Waals surface area contributed by atoms with Crippen LogP contribution in [0.4, 0.5) is 0 Å². The largest absolute Gasteiger partial charge is 0.396 e. The fraction of sp³-hybridized carbons (Fsp3) is 0.810. The number of carbonyl (C=O) groups is 2. The highest BCUT2D eigenvalue weighted by Gasteiger charge is 2.37. The molecule has 5 atom stereocenters. The van der Waals surface area contributed by atoms with Crippen LogP contribution in [0.3, 0.4) is 0 Å². The van der Waals surface area contributed by atoms with Gasteiger partial charge >= 0.3 is 0 Å². The minimum absolute atomic E-state index is 0.0252. The summed E-state index contributed by atoms with van der Waals surface area (Å²) in [5.41, 5.74) is -0.231. The molecule has 0 aromatic rings. The summed E-state index contributed by atoms with van der Waals surface area (Å²) >= 11 is 0. The number of nitrogens with zero attached hydrogens (tertiary/aromatic N) is 1. The summed E-state index contributed by atoms with van der Waals surface area (Å²) in [7, 11) is 1.21. The highest BCUT2D eigenvalue weighted by atomic mass is 16.5. The zero-order valence-corrected chi connectivity index (χ0v) is 18.5. The Morgan fingerprint density at radius 1 is 1.27 bits per heavy atom. The second-order valence-corrected chi connectivity index (χ2v) is 8.81. The number of likely N-dealkylation sites (tertiary alicyclic amines) is 1. The molecule has 30 heavy (non-hydrogen) atoms. The van der Waals surface area contributed by atoms with E-state index in [9.17, 15) is 24.9 Å². The highest BCUT2D eigenvalue weighted by Crippen LogP contribution is 2.18. The summed E-state index contributed by atoms with van der Waals surface area (Å²) in [5, 5.41) is 42.4. The molecule has 0 aromatic carbocycles. The molecule has 1 aliphatic rings. The van der Waals surface area contributed by atoms with Crippen LogP contribution in [0.15, 0.2) is 12.2 Å². The lowest BCUT2D eigenvalue weighted by Gasteiger charge is -2.29. The van der Waals surface area contributed by atoms with Gasteiger partial charge in [-0.3, -0.25) is 9.59 Å². The minimum Gasteiger partial charge on any atom is -0.396 e. The molecule has 0 aliphatic carbocycles. The second kappa shape index (κ2) is 12.4. The van der Waals surface area contributed by atoms with Gasteiger partial charge < -0.3 is 35.4 Å². The van der Waals surface area contributed by atoms with E-state index in [2.05, 4.69) is 5.32 Å². The fourth-order valence-corrected chi connectivity index (χ4v) is 3.26. The number of hydrogen-bond acceptors (Lipinski definition) is 7. The first kappa shape index (κ1) is 26.5. The molecule has 0 spiro atoms. The normalized spacial score (nSPS) is 22.5. The molecule has 9 nitrogen and oxygen atoms in total. The molecule has 0 unspecified atom stereocenters. The maximum Gasteiger partial charge on any atom is 0.252 e. The van der Waals surface area contributed by atoms with Crippen molar-refractivity contribution in [2.75, 3.05) is 26.8 Å². The number of hydrogen-bond donors (Lipinski definition) is 5. The SMILES string of the molecule is CO[C@@H](C(=O)N[C@H]1CCCCN(CCCO)C1=O)[C@H](O)[C@@H](O)[C@H](O)/C=C/C(C)(C)C. The van der Waals surface area contributed by atoms with Crippen LogP contribution in [0, 0.1) is 5.41 Å². The Kier molecular flexibility index (Phi) is 10.9. The van der Waals surface area contributed by atoms with Crippen LogP contribution in [0.25, 0.3) is 0 Å². The first-order valence-electron chi connectivity index (χ1n) is 10.5. The lowest BCUT2D eigenvalue weighted by molar-refractivity contribution is -0.151. The first-order chi connectivity index (χ1) is 14.0. The average Bonchev–Trinajstić information content (AvgIpc) is 2.85. The van der Waals surface area contributed by atoms with Crippen LogP contribution >= 0.6 is 0 Å². The van der Waals surface area contributed by atoms with Gasteiger partial charge in [-0.05, 0) is 31.1 Å². The van der Waals surface area contributed by atoms with Crippen LogP contribution in [0.2, 0.25) is 0 Å². The van der Waals surface area contributed by atoms with E-state index in [1.165, 1.54) is 13.2 Å². The van der Waals surface area contributed by atoms with E-state index in [1.54, 1.807) is 11.0 Å². The van der Waals surface area contributed by atoms with Gasteiger partial charge in [-0.1, -0.05) is 32.9 Å². The van der Waals surface area contributed by atoms with Gasteiger partial charge in [0.05, 0.1) is 0 Å². The van der Waals surface area contributed by atoms with E-state index in [1.807, 2.05) is 20.8 Å². The van der Waals surface area contributed by atoms with Crippen molar-refractivity contribution in [2.45, 2.75) is 76.9 Å². The van der Waals surface area contributed by atoms with Crippen LogP contribution in [0.1, 0.15) is 46.5 Å². The standard InChI is InChI=1S/C21H38N2O7/c1-21(2,3)10-9-15(25)16(26)17(27)18(30-4)19(28)22-14-8-5-6-11-23(20(14)29)12-7-13-24/h9-10,14-18,24-27H,5-8,11-13H2,1-4H3,(H,22,28)/b10-9+/t14-,15+,16-,17+,18+/m0/s1. The Labute approximate surface area is 178 Å². The quantitative estimate of drug-likeness (QED) is 0.296. The van der Waals surface area contributed by atoms with E-state index >= 15 is 0 Å². The number of methoxy groups -OCH3 is 1. The zero-order chi connectivity index (χ0) is 22.9. The van der Waals surface area contributed by atoms with E-state index < -0.39 is 36.4 Å². The summed E-state index contributed by atoms with van der Waals surface area (Å²) in [6, 6.07) is -0.772. The maximum atomic E-state index is 12.7. The molecule has 0 aromatic heterocycles. The molecule has 9 heteroatoms. The molecule has 0 radical (unpaired) electrons. The monoisotopic (exact) mass is 430 g/mol. The van der Waals surface area contributed by atoms with Crippen molar-refractivity contribution in [2.24, 2.45) is 5.41 Å². The molecule has 1 saturated heterocycles. The van der Waals surface area contributed by atoms with Crippen molar-refractivity contribution in [1.29, 1.82) is 0 Å². The number of rotatable bonds is 10. The van der Waals surface area contributed by atoms with Crippen LogP contribution in [-0.4, -0.2) is 94.4 Å². The first-order valence-corrected chi connectivity index (χ1v) is 10.5. The number of amides is 2. The lowest BCUT2D eigenvalue weighted by atomic mass is 9.94. The Hall–Kier alpha value is -1.52. The number of nitrogens with one attached hydrogen (secondary N) is 1. The van der Waals surface area contributed by atoms with Crippen molar-refractivity contribution < 1.29 is 34.8 Å². The minimum atomic E-state index is -1.69. The third kappa shape index (κ3) is 8.31. The smallest absolute Gasteiger partial charge is 0.252 e. The molecule has 1 heterocycles. The van der Waals surface area contributed by atoms with E-state index in [4.69, 9.17) is 9.84 Å². The third-order valence-electron chi connectivity index (χ3n) is 5.00. The second-order valence-electron chi connectivity index (χ2n) is 8.81. The van der Waals surface area contributed by atoms with Gasteiger partial charge in [0.25, 0.3) is 5.91 Å². The molecule has 1 fully saturated rings. The average molecular weight is 431 g/mol. The summed E-state index contributed by atoms with van der Waals surface area (Å²) in [6.45, 7) is 6.69. The fourth-order valence-electron chi connectivity index (χ4n) is 3.26.